The van der Waals surface area contributed by atoms with Crippen LogP contribution in [0.15, 0.2) is 42.7 Å². The number of carbonyl (C=O) groups is 1. The second-order valence-electron chi connectivity index (χ2n) is 5.51. The smallest absolute Gasteiger partial charge is 0.254 e. The first kappa shape index (κ1) is 14.3. The van der Waals surface area contributed by atoms with Gasteiger partial charge in [0.15, 0.2) is 0 Å². The number of pyridine rings is 1. The third kappa shape index (κ3) is 2.70. The summed E-state index contributed by atoms with van der Waals surface area (Å²) >= 11 is 0. The van der Waals surface area contributed by atoms with Crippen LogP contribution in [-0.4, -0.2) is 32.6 Å². The quantitative estimate of drug-likeness (QED) is 0.746. The lowest BCUT2D eigenvalue weighted by Crippen LogP contribution is -2.26. The molecule has 3 aromatic rings. The molecule has 0 bridgehead atoms. The van der Waals surface area contributed by atoms with E-state index in [-0.39, 0.29) is 5.91 Å². The molecule has 0 unspecified atom stereocenters. The van der Waals surface area contributed by atoms with Crippen molar-refractivity contribution in [3.63, 3.8) is 0 Å². The first-order chi connectivity index (χ1) is 10.5. The fraction of sp³-hybridized carbons (Fsp3) is 0.235. The predicted molar refractivity (Wildman–Crippen MR) is 85.5 cm³/mol. The highest BCUT2D eigenvalue weighted by Gasteiger charge is 2.16. The fourth-order valence-electron chi connectivity index (χ4n) is 2.59. The Morgan fingerprint density at radius 2 is 2.09 bits per heavy atom. The van der Waals surface area contributed by atoms with E-state index < -0.39 is 0 Å². The van der Waals surface area contributed by atoms with Gasteiger partial charge in [0, 0.05) is 43.5 Å². The van der Waals surface area contributed by atoms with Gasteiger partial charge in [0.05, 0.1) is 17.3 Å². The van der Waals surface area contributed by atoms with E-state index in [0.29, 0.717) is 12.1 Å². The minimum atomic E-state index is -0.00875. The molecule has 1 aromatic carbocycles. The number of benzene rings is 1. The van der Waals surface area contributed by atoms with Crippen molar-refractivity contribution in [1.82, 2.24) is 19.7 Å². The third-order valence-corrected chi connectivity index (χ3v) is 3.60. The van der Waals surface area contributed by atoms with Gasteiger partial charge in [-0.1, -0.05) is 18.2 Å². The average molecular weight is 294 g/mol. The zero-order valence-electron chi connectivity index (χ0n) is 12.9. The van der Waals surface area contributed by atoms with Gasteiger partial charge in [-0.05, 0) is 19.1 Å². The molecule has 0 aliphatic carbocycles. The molecule has 5 heteroatoms. The second-order valence-corrected chi connectivity index (χ2v) is 5.51. The number of nitrogens with zero attached hydrogens (tertiary/aromatic N) is 4. The van der Waals surface area contributed by atoms with E-state index in [4.69, 9.17) is 0 Å². The number of hydrogen-bond acceptors (Lipinski definition) is 3. The lowest BCUT2D eigenvalue weighted by Gasteiger charge is -2.17. The van der Waals surface area contributed by atoms with Crippen molar-refractivity contribution in [2.75, 3.05) is 7.05 Å². The van der Waals surface area contributed by atoms with Gasteiger partial charge < -0.3 is 4.90 Å². The maximum absolute atomic E-state index is 12.8. The summed E-state index contributed by atoms with van der Waals surface area (Å²) in [4.78, 5) is 19.0. The van der Waals surface area contributed by atoms with Crippen LogP contribution in [0.3, 0.4) is 0 Å². The first-order valence-electron chi connectivity index (χ1n) is 7.14. The topological polar surface area (TPSA) is 51.0 Å². The number of amides is 1. The van der Waals surface area contributed by atoms with Gasteiger partial charge in [0.25, 0.3) is 5.91 Å². The van der Waals surface area contributed by atoms with Crippen LogP contribution in [0.5, 0.6) is 0 Å². The summed E-state index contributed by atoms with van der Waals surface area (Å²) in [5, 5.41) is 5.02. The zero-order chi connectivity index (χ0) is 15.7. The first-order valence-corrected chi connectivity index (χ1v) is 7.14. The number of para-hydroxylation sites is 1. The van der Waals surface area contributed by atoms with Crippen molar-refractivity contribution in [2.24, 2.45) is 7.05 Å². The Morgan fingerprint density at radius 3 is 2.82 bits per heavy atom. The molecule has 0 spiro atoms. The normalized spacial score (nSPS) is 10.9. The van der Waals surface area contributed by atoms with Crippen molar-refractivity contribution in [3.05, 3.63) is 59.5 Å². The molecule has 3 rings (SSSR count). The Kier molecular flexibility index (Phi) is 3.63. The van der Waals surface area contributed by atoms with E-state index in [1.54, 1.807) is 22.8 Å². The SMILES string of the molecule is Cc1cc(C(=O)N(C)Cc2cnn(C)c2)c2ccccc2n1. The van der Waals surface area contributed by atoms with Gasteiger partial charge in [0.1, 0.15) is 0 Å². The summed E-state index contributed by atoms with van der Waals surface area (Å²) in [6, 6.07) is 9.58. The molecule has 0 aliphatic rings. The lowest BCUT2D eigenvalue weighted by molar-refractivity contribution is 0.0787. The van der Waals surface area contributed by atoms with Gasteiger partial charge in [-0.2, -0.15) is 5.10 Å². The van der Waals surface area contributed by atoms with E-state index in [2.05, 4.69) is 10.1 Å². The molecule has 0 saturated carbocycles. The molecule has 2 aromatic heterocycles. The molecule has 0 aliphatic heterocycles. The number of aryl methyl sites for hydroxylation is 2. The molecular weight excluding hydrogens is 276 g/mol. The molecule has 0 fully saturated rings. The molecule has 0 saturated heterocycles. The van der Waals surface area contributed by atoms with Crippen molar-refractivity contribution in [3.8, 4) is 0 Å². The Hall–Kier alpha value is -2.69. The van der Waals surface area contributed by atoms with Crippen LogP contribution in [0.4, 0.5) is 0 Å². The van der Waals surface area contributed by atoms with E-state index in [1.165, 1.54) is 0 Å². The van der Waals surface area contributed by atoms with Gasteiger partial charge in [-0.15, -0.1) is 0 Å². The summed E-state index contributed by atoms with van der Waals surface area (Å²) < 4.78 is 1.74. The maximum Gasteiger partial charge on any atom is 0.254 e. The molecule has 1 amide bonds. The summed E-state index contributed by atoms with van der Waals surface area (Å²) in [6.07, 6.45) is 3.69. The number of rotatable bonds is 3. The molecule has 5 nitrogen and oxygen atoms in total. The van der Waals surface area contributed by atoms with Crippen LogP contribution < -0.4 is 0 Å². The Bertz CT molecular complexity index is 838. The third-order valence-electron chi connectivity index (χ3n) is 3.60. The van der Waals surface area contributed by atoms with Crippen LogP contribution in [0.1, 0.15) is 21.6 Å². The molecule has 112 valence electrons. The average Bonchev–Trinajstić information content (AvgIpc) is 2.90. The molecule has 0 atom stereocenters. The number of carbonyl (C=O) groups excluding carboxylic acids is 1. The maximum atomic E-state index is 12.8. The highest BCUT2D eigenvalue weighted by atomic mass is 16.2. The van der Waals surface area contributed by atoms with Gasteiger partial charge >= 0.3 is 0 Å². The van der Waals surface area contributed by atoms with Crippen LogP contribution >= 0.6 is 0 Å². The zero-order valence-corrected chi connectivity index (χ0v) is 12.9. The Morgan fingerprint density at radius 1 is 1.32 bits per heavy atom. The summed E-state index contributed by atoms with van der Waals surface area (Å²) in [5.41, 5.74) is 3.39. The van der Waals surface area contributed by atoms with E-state index >= 15 is 0 Å². The monoisotopic (exact) mass is 294 g/mol. The second kappa shape index (κ2) is 5.60. The molecule has 22 heavy (non-hydrogen) atoms. The summed E-state index contributed by atoms with van der Waals surface area (Å²) in [5.74, 6) is -0.00875. The lowest BCUT2D eigenvalue weighted by atomic mass is 10.1. The van der Waals surface area contributed by atoms with Crippen molar-refractivity contribution in [2.45, 2.75) is 13.5 Å². The van der Waals surface area contributed by atoms with Crippen LogP contribution in [0.2, 0.25) is 0 Å². The molecular formula is C17H18N4O. The van der Waals surface area contributed by atoms with Crippen molar-refractivity contribution >= 4 is 16.8 Å². The largest absolute Gasteiger partial charge is 0.337 e. The number of fused-ring (bicyclic) bond motifs is 1. The van der Waals surface area contributed by atoms with Crippen LogP contribution in [-0.2, 0) is 13.6 Å². The van der Waals surface area contributed by atoms with Crippen molar-refractivity contribution < 1.29 is 4.79 Å². The van der Waals surface area contributed by atoms with E-state index in [0.717, 1.165) is 22.2 Å². The van der Waals surface area contributed by atoms with Gasteiger partial charge in [0.2, 0.25) is 0 Å². The fourth-order valence-corrected chi connectivity index (χ4v) is 2.59. The summed E-state index contributed by atoms with van der Waals surface area (Å²) in [7, 11) is 3.67. The minimum absolute atomic E-state index is 0.00875. The van der Waals surface area contributed by atoms with Gasteiger partial charge in [-0.3, -0.25) is 14.5 Å². The van der Waals surface area contributed by atoms with Crippen LogP contribution in [0.25, 0.3) is 10.9 Å². The minimum Gasteiger partial charge on any atom is -0.337 e. The van der Waals surface area contributed by atoms with E-state index in [1.807, 2.05) is 50.5 Å². The Balaban J connectivity index is 1.94. The van der Waals surface area contributed by atoms with Crippen LogP contribution in [0, 0.1) is 6.92 Å². The Labute approximate surface area is 129 Å². The molecule has 0 radical (unpaired) electrons. The van der Waals surface area contributed by atoms with Gasteiger partial charge in [-0.25, -0.2) is 0 Å². The van der Waals surface area contributed by atoms with Crippen molar-refractivity contribution in [1.29, 1.82) is 0 Å². The molecule has 2 heterocycles. The van der Waals surface area contributed by atoms with E-state index in [9.17, 15) is 4.79 Å². The molecule has 0 N–H and O–H groups in total. The highest BCUT2D eigenvalue weighted by Crippen LogP contribution is 2.20. The summed E-state index contributed by atoms with van der Waals surface area (Å²) in [6.45, 7) is 2.44. The number of aromatic nitrogens is 3. The highest BCUT2D eigenvalue weighted by molar-refractivity contribution is 6.06. The predicted octanol–water partition coefficient (Wildman–Crippen LogP) is 2.55. The number of hydrogen-bond donors (Lipinski definition) is 0. The standard InChI is InChI=1S/C17H18N4O/c1-12-8-15(14-6-4-5-7-16(14)19-12)17(22)20(2)10-13-9-18-21(3)11-13/h4-9,11H,10H2,1-3H3.